The van der Waals surface area contributed by atoms with Crippen LogP contribution in [0.15, 0.2) is 30.3 Å². The molecule has 4 aromatic rings. The van der Waals surface area contributed by atoms with Crippen molar-refractivity contribution in [1.82, 2.24) is 25.2 Å². The number of ether oxygens (including phenoxy) is 2. The molecule has 8 rings (SSSR count). The molecule has 10 heteroatoms. The summed E-state index contributed by atoms with van der Waals surface area (Å²) in [7, 11) is 0. The summed E-state index contributed by atoms with van der Waals surface area (Å²) in [5, 5.41) is 5.32. The lowest BCUT2D eigenvalue weighted by atomic mass is 9.95. The van der Waals surface area contributed by atoms with Crippen molar-refractivity contribution in [3.05, 3.63) is 47.5 Å². The Bertz CT molecular complexity index is 1720. The highest BCUT2D eigenvalue weighted by molar-refractivity contribution is 6.02. The first-order chi connectivity index (χ1) is 20.4. The number of nitrogens with one attached hydrogen (secondary N) is 1. The fraction of sp³-hybridized carbons (Fsp3) is 0.469. The van der Waals surface area contributed by atoms with Crippen LogP contribution in [0.2, 0.25) is 0 Å². The van der Waals surface area contributed by atoms with E-state index >= 15 is 4.39 Å². The molecule has 0 saturated carbocycles. The molecule has 0 amide bonds. The molecular formula is C32H34F2N6O2. The van der Waals surface area contributed by atoms with Crippen LogP contribution in [-0.2, 0) is 0 Å². The van der Waals surface area contributed by atoms with Crippen LogP contribution in [0, 0.1) is 18.6 Å². The molecule has 0 radical (unpaired) electrons. The Morgan fingerprint density at radius 3 is 2.71 bits per heavy atom. The largest absolute Gasteiger partial charge is 0.472 e. The van der Waals surface area contributed by atoms with Gasteiger partial charge in [-0.25, -0.2) is 13.8 Å². The summed E-state index contributed by atoms with van der Waals surface area (Å²) >= 11 is 0. The van der Waals surface area contributed by atoms with Crippen molar-refractivity contribution < 1.29 is 18.3 Å². The molecule has 1 N–H and O–H groups in total. The number of anilines is 1. The Morgan fingerprint density at radius 2 is 1.88 bits per heavy atom. The summed E-state index contributed by atoms with van der Waals surface area (Å²) in [6.45, 7) is 8.52. The zero-order chi connectivity index (χ0) is 28.6. The third kappa shape index (κ3) is 3.87. The standard InChI is InChI=1S/C32H34F2N6O2/c1-18-22(33)9-8-20-6-3-7-21(24(18)20)27-26(34)28-25-29(40-15-12-35-16-23(40)19(2)42-30(25)36-27)38-31(37-28)41-17-32-10-4-13-39(32)14-5-11-32/h3,6-9,19,23,35H,4-5,10-17H2,1-2H3. The Labute approximate surface area is 243 Å². The van der Waals surface area contributed by atoms with Crippen molar-refractivity contribution >= 4 is 27.5 Å². The second-order valence-corrected chi connectivity index (χ2v) is 12.2. The molecule has 6 heterocycles. The molecule has 42 heavy (non-hydrogen) atoms. The van der Waals surface area contributed by atoms with Crippen LogP contribution in [0.5, 0.6) is 11.9 Å². The fourth-order valence-electron chi connectivity index (χ4n) is 7.69. The molecule has 3 saturated heterocycles. The van der Waals surface area contributed by atoms with Crippen LogP contribution in [-0.4, -0.2) is 76.9 Å². The number of piperazine rings is 1. The summed E-state index contributed by atoms with van der Waals surface area (Å²) in [5.74, 6) is -0.0701. The minimum absolute atomic E-state index is 0.000689. The van der Waals surface area contributed by atoms with E-state index in [1.807, 2.05) is 19.1 Å². The number of halogens is 2. The van der Waals surface area contributed by atoms with Crippen LogP contribution in [0.1, 0.15) is 38.2 Å². The molecule has 4 aliphatic heterocycles. The molecule has 0 aliphatic carbocycles. The molecular weight excluding hydrogens is 538 g/mol. The first-order valence-corrected chi connectivity index (χ1v) is 15.0. The van der Waals surface area contributed by atoms with Gasteiger partial charge in [0.15, 0.2) is 5.82 Å². The second kappa shape index (κ2) is 9.70. The van der Waals surface area contributed by atoms with Gasteiger partial charge in [-0.1, -0.05) is 24.3 Å². The highest BCUT2D eigenvalue weighted by Crippen LogP contribution is 2.44. The predicted molar refractivity (Wildman–Crippen MR) is 157 cm³/mol. The van der Waals surface area contributed by atoms with Crippen LogP contribution in [0.3, 0.4) is 0 Å². The van der Waals surface area contributed by atoms with E-state index in [1.54, 1.807) is 19.1 Å². The molecule has 3 fully saturated rings. The number of pyridine rings is 1. The highest BCUT2D eigenvalue weighted by Gasteiger charge is 2.45. The predicted octanol–water partition coefficient (Wildman–Crippen LogP) is 5.00. The second-order valence-electron chi connectivity index (χ2n) is 12.2. The Balaban J connectivity index is 1.33. The van der Waals surface area contributed by atoms with Crippen LogP contribution < -0.4 is 19.7 Å². The first kappa shape index (κ1) is 26.0. The van der Waals surface area contributed by atoms with Gasteiger partial charge >= 0.3 is 6.01 Å². The number of nitrogens with zero attached hydrogens (tertiary/aromatic N) is 5. The third-order valence-electron chi connectivity index (χ3n) is 9.88. The fourth-order valence-corrected chi connectivity index (χ4v) is 7.69. The van der Waals surface area contributed by atoms with Crippen LogP contribution in [0.25, 0.3) is 32.9 Å². The molecule has 2 aromatic heterocycles. The zero-order valence-corrected chi connectivity index (χ0v) is 23.9. The molecule has 2 aromatic carbocycles. The van der Waals surface area contributed by atoms with Gasteiger partial charge in [0.1, 0.15) is 40.9 Å². The number of rotatable bonds is 4. The van der Waals surface area contributed by atoms with Gasteiger partial charge in [-0.2, -0.15) is 9.97 Å². The maximum absolute atomic E-state index is 16.8. The lowest BCUT2D eigenvalue weighted by Crippen LogP contribution is -2.56. The maximum Gasteiger partial charge on any atom is 0.319 e. The summed E-state index contributed by atoms with van der Waals surface area (Å²) < 4.78 is 44.4. The zero-order valence-electron chi connectivity index (χ0n) is 23.9. The van der Waals surface area contributed by atoms with Gasteiger partial charge in [-0.05, 0) is 75.0 Å². The van der Waals surface area contributed by atoms with E-state index in [0.29, 0.717) is 47.4 Å². The Hall–Kier alpha value is -3.63. The van der Waals surface area contributed by atoms with Gasteiger partial charge in [0.2, 0.25) is 5.88 Å². The van der Waals surface area contributed by atoms with Gasteiger partial charge in [0.25, 0.3) is 0 Å². The van der Waals surface area contributed by atoms with Crippen LogP contribution >= 0.6 is 0 Å². The van der Waals surface area contributed by atoms with E-state index in [0.717, 1.165) is 50.7 Å². The summed E-state index contributed by atoms with van der Waals surface area (Å²) in [6.07, 6.45) is 4.23. The summed E-state index contributed by atoms with van der Waals surface area (Å²) in [6, 6.07) is 8.79. The molecule has 0 spiro atoms. The third-order valence-corrected chi connectivity index (χ3v) is 9.88. The van der Waals surface area contributed by atoms with Crippen molar-refractivity contribution in [2.45, 2.75) is 57.2 Å². The number of aryl methyl sites for hydroxylation is 1. The maximum atomic E-state index is 16.8. The minimum atomic E-state index is -0.593. The van der Waals surface area contributed by atoms with E-state index in [9.17, 15) is 4.39 Å². The van der Waals surface area contributed by atoms with Crippen molar-refractivity contribution in [2.75, 3.05) is 44.2 Å². The van der Waals surface area contributed by atoms with Crippen molar-refractivity contribution in [3.8, 4) is 23.1 Å². The normalized spacial score (nSPS) is 23.1. The van der Waals surface area contributed by atoms with Crippen molar-refractivity contribution in [3.63, 3.8) is 0 Å². The summed E-state index contributed by atoms with van der Waals surface area (Å²) in [5.41, 5.74) is 1.12. The molecule has 218 valence electrons. The number of hydrogen-bond donors (Lipinski definition) is 1. The minimum Gasteiger partial charge on any atom is -0.472 e. The van der Waals surface area contributed by atoms with E-state index in [1.165, 1.54) is 6.07 Å². The monoisotopic (exact) mass is 572 g/mol. The first-order valence-electron chi connectivity index (χ1n) is 15.0. The van der Waals surface area contributed by atoms with Gasteiger partial charge in [-0.3, -0.25) is 4.90 Å². The van der Waals surface area contributed by atoms with Gasteiger partial charge in [0.05, 0.1) is 11.6 Å². The lowest BCUT2D eigenvalue weighted by Gasteiger charge is -2.38. The van der Waals surface area contributed by atoms with Gasteiger partial charge in [0, 0.05) is 25.2 Å². The number of fused-ring (bicyclic) bond motifs is 4. The van der Waals surface area contributed by atoms with Crippen LogP contribution in [0.4, 0.5) is 14.6 Å². The smallest absolute Gasteiger partial charge is 0.319 e. The van der Waals surface area contributed by atoms with Gasteiger partial charge in [-0.15, -0.1) is 0 Å². The SMILES string of the molecule is Cc1c(F)ccc2cccc(-c3nc4c5c(nc(OCC67CCCN6CCC7)nc5c3F)N3CCNCC3C(C)O4)c12. The lowest BCUT2D eigenvalue weighted by molar-refractivity contribution is 0.108. The van der Waals surface area contributed by atoms with Gasteiger partial charge < -0.3 is 19.7 Å². The van der Waals surface area contributed by atoms with Crippen molar-refractivity contribution in [1.29, 1.82) is 0 Å². The number of hydrogen-bond acceptors (Lipinski definition) is 8. The number of aromatic nitrogens is 3. The Kier molecular flexibility index (Phi) is 6.01. The van der Waals surface area contributed by atoms with E-state index in [2.05, 4.69) is 15.1 Å². The average molecular weight is 573 g/mol. The number of benzene rings is 2. The molecule has 4 aliphatic rings. The molecule has 0 bridgehead atoms. The average Bonchev–Trinajstić information content (AvgIpc) is 3.56. The quantitative estimate of drug-likeness (QED) is 0.367. The van der Waals surface area contributed by atoms with E-state index in [4.69, 9.17) is 24.4 Å². The van der Waals surface area contributed by atoms with E-state index < -0.39 is 5.82 Å². The van der Waals surface area contributed by atoms with Crippen molar-refractivity contribution in [2.24, 2.45) is 0 Å². The molecule has 8 nitrogen and oxygen atoms in total. The topological polar surface area (TPSA) is 75.6 Å². The Morgan fingerprint density at radius 1 is 1.05 bits per heavy atom. The highest BCUT2D eigenvalue weighted by atomic mass is 19.1. The summed E-state index contributed by atoms with van der Waals surface area (Å²) in [4.78, 5) is 19.1. The molecule has 2 unspecified atom stereocenters. The van der Waals surface area contributed by atoms with E-state index in [-0.39, 0.29) is 46.6 Å². The molecule has 2 atom stereocenters.